The lowest BCUT2D eigenvalue weighted by atomic mass is 10.1. The van der Waals surface area contributed by atoms with E-state index in [1.165, 1.54) is 19.3 Å². The highest BCUT2D eigenvalue weighted by molar-refractivity contribution is 4.79. The van der Waals surface area contributed by atoms with Crippen molar-refractivity contribution < 1.29 is 0 Å². The van der Waals surface area contributed by atoms with Gasteiger partial charge in [-0.2, -0.15) is 5.26 Å². The molecule has 1 fully saturated rings. The van der Waals surface area contributed by atoms with Gasteiger partial charge in [-0.1, -0.05) is 13.3 Å². The van der Waals surface area contributed by atoms with Crippen LogP contribution in [-0.4, -0.2) is 24.1 Å². The van der Waals surface area contributed by atoms with E-state index < -0.39 is 0 Å². The Morgan fingerprint density at radius 3 is 2.62 bits per heavy atom. The van der Waals surface area contributed by atoms with Gasteiger partial charge in [0, 0.05) is 19.1 Å². The van der Waals surface area contributed by atoms with Gasteiger partial charge in [0.25, 0.3) is 0 Å². The molecule has 1 aliphatic rings. The van der Waals surface area contributed by atoms with Crippen molar-refractivity contribution in [3.8, 4) is 6.07 Å². The maximum absolute atomic E-state index is 8.59. The van der Waals surface area contributed by atoms with Crippen molar-refractivity contribution in [3.05, 3.63) is 0 Å². The molecule has 0 amide bonds. The number of piperidine rings is 1. The Balaban J connectivity index is 2.23. The minimum atomic E-state index is 0.350. The first-order valence-corrected chi connectivity index (χ1v) is 5.25. The van der Waals surface area contributed by atoms with Crippen LogP contribution in [0.25, 0.3) is 0 Å². The van der Waals surface area contributed by atoms with Crippen LogP contribution in [0.1, 0.15) is 39.0 Å². The summed E-state index contributed by atoms with van der Waals surface area (Å²) in [5.74, 6) is 0. The van der Waals surface area contributed by atoms with Gasteiger partial charge in [-0.15, -0.1) is 0 Å². The fourth-order valence-corrected chi connectivity index (χ4v) is 1.67. The van der Waals surface area contributed by atoms with Gasteiger partial charge in [0.1, 0.15) is 0 Å². The van der Waals surface area contributed by atoms with E-state index in [2.05, 4.69) is 23.4 Å². The average Bonchev–Trinajstić information content (AvgIpc) is 2.19. The van der Waals surface area contributed by atoms with Crippen LogP contribution in [0, 0.1) is 11.3 Å². The Morgan fingerprint density at radius 1 is 1.38 bits per heavy atom. The molecule has 13 heavy (non-hydrogen) atoms. The van der Waals surface area contributed by atoms with Gasteiger partial charge in [0.2, 0.25) is 0 Å². The van der Waals surface area contributed by atoms with E-state index in [4.69, 9.17) is 5.26 Å². The molecular formula is C10H19N3. The molecule has 1 unspecified atom stereocenters. The number of nitrogens with zero attached hydrogens (tertiary/aromatic N) is 2. The molecule has 0 aromatic carbocycles. The van der Waals surface area contributed by atoms with Gasteiger partial charge in [0.05, 0.1) is 12.5 Å². The number of nitrogens with one attached hydrogen (secondary N) is 1. The minimum Gasteiger partial charge on any atom is -0.251 e. The zero-order valence-corrected chi connectivity index (χ0v) is 8.42. The van der Waals surface area contributed by atoms with E-state index >= 15 is 0 Å². The van der Waals surface area contributed by atoms with Crippen molar-refractivity contribution in [3.63, 3.8) is 0 Å². The molecule has 0 radical (unpaired) electrons. The van der Waals surface area contributed by atoms with Gasteiger partial charge >= 0.3 is 0 Å². The standard InChI is InChI=1S/C10H19N3/c1-2-10(6-7-11)12-13-8-4-3-5-9-13/h10,12H,2-6,8-9H2,1H3. The normalized spacial score (nSPS) is 20.9. The molecule has 3 heteroatoms. The first kappa shape index (κ1) is 10.5. The van der Waals surface area contributed by atoms with Crippen LogP contribution in [0.4, 0.5) is 0 Å². The summed E-state index contributed by atoms with van der Waals surface area (Å²) in [4.78, 5) is 0. The predicted octanol–water partition coefficient (Wildman–Crippen LogP) is 1.67. The fourth-order valence-electron chi connectivity index (χ4n) is 1.67. The van der Waals surface area contributed by atoms with E-state index in [-0.39, 0.29) is 0 Å². The molecule has 1 rings (SSSR count). The highest BCUT2D eigenvalue weighted by atomic mass is 15.5. The second-order valence-corrected chi connectivity index (χ2v) is 3.64. The summed E-state index contributed by atoms with van der Waals surface area (Å²) in [7, 11) is 0. The quantitative estimate of drug-likeness (QED) is 0.717. The Labute approximate surface area is 80.7 Å². The molecule has 0 saturated carbocycles. The van der Waals surface area contributed by atoms with Crippen LogP contribution in [0.2, 0.25) is 0 Å². The molecule has 1 heterocycles. The molecule has 0 aromatic rings. The monoisotopic (exact) mass is 181 g/mol. The van der Waals surface area contributed by atoms with Crippen LogP contribution in [-0.2, 0) is 0 Å². The zero-order chi connectivity index (χ0) is 9.52. The average molecular weight is 181 g/mol. The Hall–Kier alpha value is -0.590. The predicted molar refractivity (Wildman–Crippen MR) is 52.9 cm³/mol. The Bertz CT molecular complexity index is 167. The molecule has 3 nitrogen and oxygen atoms in total. The maximum Gasteiger partial charge on any atom is 0.0638 e. The first-order valence-electron chi connectivity index (χ1n) is 5.25. The van der Waals surface area contributed by atoms with Crippen LogP contribution >= 0.6 is 0 Å². The lowest BCUT2D eigenvalue weighted by molar-refractivity contribution is 0.127. The zero-order valence-electron chi connectivity index (χ0n) is 8.42. The number of hydrazine groups is 1. The molecular weight excluding hydrogens is 162 g/mol. The Morgan fingerprint density at radius 2 is 2.08 bits per heavy atom. The van der Waals surface area contributed by atoms with Crippen LogP contribution in [0.15, 0.2) is 0 Å². The summed E-state index contributed by atoms with van der Waals surface area (Å²) >= 11 is 0. The third-order valence-corrected chi connectivity index (χ3v) is 2.55. The second-order valence-electron chi connectivity index (χ2n) is 3.64. The van der Waals surface area contributed by atoms with Crippen LogP contribution in [0.3, 0.4) is 0 Å². The minimum absolute atomic E-state index is 0.350. The van der Waals surface area contributed by atoms with E-state index in [0.717, 1.165) is 19.5 Å². The SMILES string of the molecule is CCC(CC#N)NN1CCCCC1. The molecule has 0 aromatic heterocycles. The highest BCUT2D eigenvalue weighted by Crippen LogP contribution is 2.07. The van der Waals surface area contributed by atoms with E-state index in [9.17, 15) is 0 Å². The third-order valence-electron chi connectivity index (χ3n) is 2.55. The molecule has 1 N–H and O–H groups in total. The molecule has 1 aliphatic heterocycles. The summed E-state index contributed by atoms with van der Waals surface area (Å²) in [6.45, 7) is 4.41. The smallest absolute Gasteiger partial charge is 0.0638 e. The van der Waals surface area contributed by atoms with E-state index in [0.29, 0.717) is 12.5 Å². The molecule has 0 spiro atoms. The molecule has 0 bridgehead atoms. The summed E-state index contributed by atoms with van der Waals surface area (Å²) < 4.78 is 0. The molecule has 1 atom stereocenters. The van der Waals surface area contributed by atoms with E-state index in [1.54, 1.807) is 0 Å². The van der Waals surface area contributed by atoms with Gasteiger partial charge in [-0.3, -0.25) is 5.43 Å². The molecule has 74 valence electrons. The number of nitriles is 1. The second kappa shape index (κ2) is 5.95. The number of rotatable bonds is 4. The maximum atomic E-state index is 8.59. The van der Waals surface area contributed by atoms with Gasteiger partial charge < -0.3 is 0 Å². The summed E-state index contributed by atoms with van der Waals surface area (Å²) in [5, 5.41) is 10.9. The highest BCUT2D eigenvalue weighted by Gasteiger charge is 2.13. The van der Waals surface area contributed by atoms with Crippen molar-refractivity contribution >= 4 is 0 Å². The summed E-state index contributed by atoms with van der Waals surface area (Å²) in [5.41, 5.74) is 3.42. The summed E-state index contributed by atoms with van der Waals surface area (Å²) in [6, 6.07) is 2.57. The first-order chi connectivity index (χ1) is 6.36. The van der Waals surface area contributed by atoms with Crippen molar-refractivity contribution in [2.75, 3.05) is 13.1 Å². The van der Waals surface area contributed by atoms with Gasteiger partial charge in [-0.05, 0) is 19.3 Å². The van der Waals surface area contributed by atoms with Crippen LogP contribution < -0.4 is 5.43 Å². The molecule has 1 saturated heterocycles. The van der Waals surface area contributed by atoms with Gasteiger partial charge in [0.15, 0.2) is 0 Å². The van der Waals surface area contributed by atoms with Crippen molar-refractivity contribution in [1.29, 1.82) is 5.26 Å². The van der Waals surface area contributed by atoms with Gasteiger partial charge in [-0.25, -0.2) is 5.01 Å². The van der Waals surface area contributed by atoms with Crippen molar-refractivity contribution in [1.82, 2.24) is 10.4 Å². The molecule has 0 aliphatic carbocycles. The largest absolute Gasteiger partial charge is 0.251 e. The fraction of sp³-hybridized carbons (Fsp3) is 0.900. The third kappa shape index (κ3) is 3.75. The van der Waals surface area contributed by atoms with Crippen LogP contribution in [0.5, 0.6) is 0 Å². The lowest BCUT2D eigenvalue weighted by Crippen LogP contribution is -2.46. The lowest BCUT2D eigenvalue weighted by Gasteiger charge is -2.30. The number of hydrogen-bond donors (Lipinski definition) is 1. The topological polar surface area (TPSA) is 39.1 Å². The van der Waals surface area contributed by atoms with Crippen molar-refractivity contribution in [2.24, 2.45) is 0 Å². The number of hydrogen-bond acceptors (Lipinski definition) is 3. The van der Waals surface area contributed by atoms with Crippen molar-refractivity contribution in [2.45, 2.75) is 45.1 Å². The van der Waals surface area contributed by atoms with E-state index in [1.807, 2.05) is 0 Å². The summed E-state index contributed by atoms with van der Waals surface area (Å²) in [6.07, 6.45) is 5.58. The Kier molecular flexibility index (Phi) is 4.81.